The van der Waals surface area contributed by atoms with Crippen LogP contribution in [0.2, 0.25) is 0 Å². The number of aliphatic hydroxyl groups excluding tert-OH is 2. The maximum atomic E-state index is 9.44. The Morgan fingerprint density at radius 3 is 2.85 bits per heavy atom. The number of hydrogen-bond donors (Lipinski definition) is 3. The molecule has 1 aromatic heterocycles. The van der Waals surface area contributed by atoms with Gasteiger partial charge in [0.25, 0.3) is 0 Å². The fourth-order valence-corrected chi connectivity index (χ4v) is 3.18. The summed E-state index contributed by atoms with van der Waals surface area (Å²) in [4.78, 5) is 0. The van der Waals surface area contributed by atoms with Crippen molar-refractivity contribution in [3.05, 3.63) is 18.5 Å². The van der Waals surface area contributed by atoms with Gasteiger partial charge in [-0.1, -0.05) is 17.8 Å². The highest BCUT2D eigenvalue weighted by molar-refractivity contribution is 7.99. The number of allylic oxidation sites excluding steroid dienone is 1. The van der Waals surface area contributed by atoms with Gasteiger partial charge in [0.05, 0.1) is 12.7 Å². The summed E-state index contributed by atoms with van der Waals surface area (Å²) in [5, 5.41) is 31.0. The van der Waals surface area contributed by atoms with Crippen molar-refractivity contribution < 1.29 is 10.2 Å². The molecule has 3 N–H and O–H groups in total. The molecule has 0 amide bonds. The first-order valence-corrected chi connectivity index (χ1v) is 7.91. The number of rotatable bonds is 7. The molecular formula is C13H22N4O2S. The average molecular weight is 298 g/mol. The van der Waals surface area contributed by atoms with Crippen molar-refractivity contribution in [3.8, 4) is 0 Å². The smallest absolute Gasteiger partial charge is 0.191 e. The Balaban J connectivity index is 2.11. The van der Waals surface area contributed by atoms with E-state index in [1.54, 1.807) is 0 Å². The fourth-order valence-electron chi connectivity index (χ4n) is 2.31. The highest BCUT2D eigenvalue weighted by Gasteiger charge is 2.23. The van der Waals surface area contributed by atoms with E-state index in [1.807, 2.05) is 6.08 Å². The van der Waals surface area contributed by atoms with Gasteiger partial charge in [-0.2, -0.15) is 0 Å². The molecule has 0 spiro atoms. The molecule has 1 aromatic rings. The van der Waals surface area contributed by atoms with E-state index in [-0.39, 0.29) is 6.61 Å². The van der Waals surface area contributed by atoms with E-state index < -0.39 is 6.10 Å². The molecule has 1 aliphatic rings. The highest BCUT2D eigenvalue weighted by atomic mass is 32.2. The Bertz CT molecular complexity index is 432. The zero-order valence-corrected chi connectivity index (χ0v) is 12.3. The molecule has 1 aliphatic heterocycles. The molecule has 0 bridgehead atoms. The van der Waals surface area contributed by atoms with Crippen molar-refractivity contribution >= 4 is 11.8 Å². The van der Waals surface area contributed by atoms with Gasteiger partial charge in [0.1, 0.15) is 5.82 Å². The van der Waals surface area contributed by atoms with Crippen LogP contribution in [-0.4, -0.2) is 56.5 Å². The number of piperidine rings is 1. The Kier molecular flexibility index (Phi) is 6.03. The first-order chi connectivity index (χ1) is 9.76. The lowest BCUT2D eigenvalue weighted by atomic mass is 9.97. The van der Waals surface area contributed by atoms with Crippen LogP contribution in [0.3, 0.4) is 0 Å². The van der Waals surface area contributed by atoms with Gasteiger partial charge in [0, 0.05) is 18.2 Å². The van der Waals surface area contributed by atoms with Gasteiger partial charge in [0.2, 0.25) is 0 Å². The van der Waals surface area contributed by atoms with E-state index in [0.717, 1.165) is 36.9 Å². The lowest BCUT2D eigenvalue weighted by molar-refractivity contribution is 0.113. The van der Waals surface area contributed by atoms with Crippen molar-refractivity contribution in [2.75, 3.05) is 25.4 Å². The number of thioether (sulfide) groups is 1. The molecule has 0 aromatic carbocycles. The third-order valence-corrected chi connectivity index (χ3v) is 4.49. The van der Waals surface area contributed by atoms with Gasteiger partial charge in [-0.3, -0.25) is 0 Å². The third kappa shape index (κ3) is 3.82. The third-order valence-electron chi connectivity index (χ3n) is 3.38. The van der Waals surface area contributed by atoms with Gasteiger partial charge < -0.3 is 20.1 Å². The average Bonchev–Trinajstić information content (AvgIpc) is 2.89. The minimum absolute atomic E-state index is 0.232. The van der Waals surface area contributed by atoms with Crippen LogP contribution < -0.4 is 5.32 Å². The molecule has 0 unspecified atom stereocenters. The van der Waals surface area contributed by atoms with Gasteiger partial charge in [-0.15, -0.1) is 16.8 Å². The van der Waals surface area contributed by atoms with Gasteiger partial charge in [-0.05, 0) is 25.9 Å². The first kappa shape index (κ1) is 15.5. The summed E-state index contributed by atoms with van der Waals surface area (Å²) >= 11 is 1.42. The molecule has 20 heavy (non-hydrogen) atoms. The Morgan fingerprint density at radius 1 is 1.45 bits per heavy atom. The fraction of sp³-hybridized carbons (Fsp3) is 0.692. The summed E-state index contributed by atoms with van der Waals surface area (Å²) < 4.78 is 2.07. The van der Waals surface area contributed by atoms with Crippen LogP contribution in [-0.2, 0) is 6.54 Å². The van der Waals surface area contributed by atoms with E-state index >= 15 is 0 Å². The quantitative estimate of drug-likeness (QED) is 0.498. The summed E-state index contributed by atoms with van der Waals surface area (Å²) in [5.41, 5.74) is 0. The molecule has 0 radical (unpaired) electrons. The zero-order chi connectivity index (χ0) is 14.4. The van der Waals surface area contributed by atoms with Crippen molar-refractivity contribution in [3.63, 3.8) is 0 Å². The molecule has 2 heterocycles. The number of nitrogens with one attached hydrogen (secondary N) is 1. The second-order valence-electron chi connectivity index (χ2n) is 4.91. The van der Waals surface area contributed by atoms with Crippen LogP contribution in [0.5, 0.6) is 0 Å². The molecule has 6 nitrogen and oxygen atoms in total. The molecule has 0 aliphatic carbocycles. The molecule has 0 saturated carbocycles. The molecule has 1 atom stereocenters. The number of aromatic nitrogens is 3. The lowest BCUT2D eigenvalue weighted by Gasteiger charge is -2.22. The van der Waals surface area contributed by atoms with Crippen LogP contribution >= 0.6 is 11.8 Å². The van der Waals surface area contributed by atoms with Crippen molar-refractivity contribution in [2.24, 2.45) is 0 Å². The standard InChI is InChI=1S/C13H22N4O2S/c1-2-7-17-12(10-3-5-14-6-4-10)15-16-13(17)20-9-11(19)8-18/h2,10-11,14,18-19H,1,3-9H2/t11-/m1/s1. The van der Waals surface area contributed by atoms with Crippen LogP contribution in [0, 0.1) is 0 Å². The molecule has 1 saturated heterocycles. The lowest BCUT2D eigenvalue weighted by Crippen LogP contribution is -2.28. The minimum atomic E-state index is -0.726. The van der Waals surface area contributed by atoms with Crippen LogP contribution in [0.4, 0.5) is 0 Å². The summed E-state index contributed by atoms with van der Waals surface area (Å²) in [7, 11) is 0. The Labute approximate surface area is 123 Å². The van der Waals surface area contributed by atoms with Crippen LogP contribution in [0.25, 0.3) is 0 Å². The topological polar surface area (TPSA) is 83.2 Å². The summed E-state index contributed by atoms with van der Waals surface area (Å²) in [6, 6.07) is 0. The summed E-state index contributed by atoms with van der Waals surface area (Å²) in [6.45, 7) is 6.25. The van der Waals surface area contributed by atoms with Crippen molar-refractivity contribution in [1.82, 2.24) is 20.1 Å². The largest absolute Gasteiger partial charge is 0.394 e. The predicted molar refractivity (Wildman–Crippen MR) is 78.9 cm³/mol. The van der Waals surface area contributed by atoms with E-state index in [4.69, 9.17) is 5.11 Å². The van der Waals surface area contributed by atoms with Crippen molar-refractivity contribution in [2.45, 2.75) is 36.6 Å². The van der Waals surface area contributed by atoms with E-state index in [2.05, 4.69) is 26.7 Å². The second-order valence-corrected chi connectivity index (χ2v) is 5.90. The van der Waals surface area contributed by atoms with Gasteiger partial charge in [-0.25, -0.2) is 0 Å². The van der Waals surface area contributed by atoms with Gasteiger partial charge >= 0.3 is 0 Å². The molecule has 1 fully saturated rings. The molecule has 7 heteroatoms. The maximum Gasteiger partial charge on any atom is 0.191 e. The monoisotopic (exact) mass is 298 g/mol. The van der Waals surface area contributed by atoms with Crippen molar-refractivity contribution in [1.29, 1.82) is 0 Å². The highest BCUT2D eigenvalue weighted by Crippen LogP contribution is 2.27. The van der Waals surface area contributed by atoms with E-state index in [0.29, 0.717) is 18.2 Å². The summed E-state index contributed by atoms with van der Waals surface area (Å²) in [6.07, 6.45) is 3.25. The van der Waals surface area contributed by atoms with Gasteiger partial charge in [0.15, 0.2) is 5.16 Å². The van der Waals surface area contributed by atoms with Crippen LogP contribution in [0.15, 0.2) is 17.8 Å². The van der Waals surface area contributed by atoms with E-state index in [9.17, 15) is 5.11 Å². The molecule has 112 valence electrons. The minimum Gasteiger partial charge on any atom is -0.394 e. The SMILES string of the molecule is C=CCn1c(SC[C@H](O)CO)nnc1C1CCNCC1. The number of aliphatic hydroxyl groups is 2. The molecule has 2 rings (SSSR count). The summed E-state index contributed by atoms with van der Waals surface area (Å²) in [5.74, 6) is 1.85. The predicted octanol–water partition coefficient (Wildman–Crippen LogP) is 0.376. The number of nitrogens with zero attached hydrogens (tertiary/aromatic N) is 3. The Hall–Kier alpha value is -0.890. The van der Waals surface area contributed by atoms with E-state index in [1.165, 1.54) is 11.8 Å². The van der Waals surface area contributed by atoms with Crippen LogP contribution in [0.1, 0.15) is 24.6 Å². The normalized spacial score (nSPS) is 18.1. The maximum absolute atomic E-state index is 9.44. The Morgan fingerprint density at radius 2 is 2.20 bits per heavy atom. The number of hydrogen-bond acceptors (Lipinski definition) is 6. The second kappa shape index (κ2) is 7.78. The molecular weight excluding hydrogens is 276 g/mol. The first-order valence-electron chi connectivity index (χ1n) is 6.92. The zero-order valence-electron chi connectivity index (χ0n) is 11.5.